The number of nitrogens with zero attached hydrogens (tertiary/aromatic N) is 4. The second-order valence-corrected chi connectivity index (χ2v) is 5.18. The lowest BCUT2D eigenvalue weighted by atomic mass is 10.4. The van der Waals surface area contributed by atoms with Crippen LogP contribution in [0.4, 0.5) is 4.79 Å². The van der Waals surface area contributed by atoms with Gasteiger partial charge in [-0.15, -0.1) is 5.10 Å². The quantitative estimate of drug-likeness (QED) is 0.794. The van der Waals surface area contributed by atoms with Crippen molar-refractivity contribution >= 4 is 29.5 Å². The minimum absolute atomic E-state index is 0.396. The summed E-state index contributed by atoms with van der Waals surface area (Å²) in [6, 6.07) is 1.23. The van der Waals surface area contributed by atoms with Crippen molar-refractivity contribution in [2.24, 2.45) is 0 Å². The molecule has 9 heteroatoms. The van der Waals surface area contributed by atoms with Crippen LogP contribution in [0.15, 0.2) is 23.6 Å². The van der Waals surface area contributed by atoms with E-state index >= 15 is 0 Å². The highest BCUT2D eigenvalue weighted by Gasteiger charge is 2.19. The number of thioether (sulfide) groups is 1. The number of fused-ring (bicyclic) bond motifs is 1. The van der Waals surface area contributed by atoms with Crippen LogP contribution in [0.25, 0.3) is 5.78 Å². The van der Waals surface area contributed by atoms with Crippen LogP contribution in [-0.4, -0.2) is 43.3 Å². The van der Waals surface area contributed by atoms with Gasteiger partial charge in [0.05, 0.1) is 5.25 Å². The van der Waals surface area contributed by atoms with E-state index in [1.54, 1.807) is 32.3 Å². The minimum Gasteiger partial charge on any atom is -0.338 e. The summed E-state index contributed by atoms with van der Waals surface area (Å²) in [5.41, 5.74) is 0. The van der Waals surface area contributed by atoms with E-state index in [4.69, 9.17) is 0 Å². The molecule has 106 valence electrons. The van der Waals surface area contributed by atoms with Crippen molar-refractivity contribution in [1.29, 1.82) is 0 Å². The highest BCUT2D eigenvalue weighted by molar-refractivity contribution is 8.00. The summed E-state index contributed by atoms with van der Waals surface area (Å²) < 4.78 is 1.52. The summed E-state index contributed by atoms with van der Waals surface area (Å²) in [6.07, 6.45) is 3.34. The first-order valence-corrected chi connectivity index (χ1v) is 6.91. The summed E-state index contributed by atoms with van der Waals surface area (Å²) in [6.45, 7) is 3.91. The van der Waals surface area contributed by atoms with Gasteiger partial charge in [-0.3, -0.25) is 10.1 Å². The normalized spacial score (nSPS) is 12.1. The maximum absolute atomic E-state index is 11.8. The maximum Gasteiger partial charge on any atom is 0.321 e. The van der Waals surface area contributed by atoms with Crippen LogP contribution >= 0.6 is 11.8 Å². The highest BCUT2D eigenvalue weighted by atomic mass is 32.2. The number of urea groups is 1. The second kappa shape index (κ2) is 6.33. The van der Waals surface area contributed by atoms with E-state index in [0.29, 0.717) is 17.5 Å². The SMILES string of the molecule is CCNC(=O)NC(=O)[C@@H](C)Sc1nc2ncccn2n1. The van der Waals surface area contributed by atoms with E-state index in [0.717, 1.165) is 11.8 Å². The smallest absolute Gasteiger partial charge is 0.321 e. The van der Waals surface area contributed by atoms with Gasteiger partial charge < -0.3 is 5.32 Å². The molecule has 0 unspecified atom stereocenters. The van der Waals surface area contributed by atoms with Gasteiger partial charge in [0, 0.05) is 18.9 Å². The van der Waals surface area contributed by atoms with Crippen molar-refractivity contribution in [2.45, 2.75) is 24.3 Å². The molecule has 20 heavy (non-hydrogen) atoms. The lowest BCUT2D eigenvalue weighted by molar-refractivity contribution is -0.119. The molecule has 2 rings (SSSR count). The number of hydrogen-bond acceptors (Lipinski definition) is 6. The Labute approximate surface area is 119 Å². The predicted octanol–water partition coefficient (Wildman–Crippen LogP) is 0.451. The average Bonchev–Trinajstić information content (AvgIpc) is 2.80. The molecule has 0 spiro atoms. The van der Waals surface area contributed by atoms with Crippen molar-refractivity contribution in [3.63, 3.8) is 0 Å². The van der Waals surface area contributed by atoms with E-state index < -0.39 is 17.2 Å². The third-order valence-corrected chi connectivity index (χ3v) is 3.27. The molecule has 0 radical (unpaired) electrons. The molecular weight excluding hydrogens is 280 g/mol. The summed E-state index contributed by atoms with van der Waals surface area (Å²) in [5.74, 6) is 0.0686. The van der Waals surface area contributed by atoms with Crippen LogP contribution in [0.1, 0.15) is 13.8 Å². The van der Waals surface area contributed by atoms with Crippen LogP contribution < -0.4 is 10.6 Å². The predicted molar refractivity (Wildman–Crippen MR) is 73.3 cm³/mol. The van der Waals surface area contributed by atoms with Crippen molar-refractivity contribution in [1.82, 2.24) is 30.2 Å². The van der Waals surface area contributed by atoms with Crippen molar-refractivity contribution < 1.29 is 9.59 Å². The lowest BCUT2D eigenvalue weighted by Gasteiger charge is -2.09. The third-order valence-electron chi connectivity index (χ3n) is 2.32. The van der Waals surface area contributed by atoms with Crippen molar-refractivity contribution in [3.8, 4) is 0 Å². The highest BCUT2D eigenvalue weighted by Crippen LogP contribution is 2.19. The van der Waals surface area contributed by atoms with Crippen LogP contribution in [0.3, 0.4) is 0 Å². The zero-order chi connectivity index (χ0) is 14.5. The molecule has 0 aliphatic heterocycles. The Morgan fingerprint density at radius 1 is 1.50 bits per heavy atom. The molecule has 0 aromatic carbocycles. The van der Waals surface area contributed by atoms with Gasteiger partial charge in [0.15, 0.2) is 0 Å². The molecule has 8 nitrogen and oxygen atoms in total. The first-order chi connectivity index (χ1) is 9.60. The number of imide groups is 1. The molecule has 2 aromatic heterocycles. The van der Waals surface area contributed by atoms with E-state index in [9.17, 15) is 9.59 Å². The topological polar surface area (TPSA) is 101 Å². The Morgan fingerprint density at radius 2 is 2.30 bits per heavy atom. The molecule has 0 aliphatic carbocycles. The molecular formula is C11H14N6O2S. The van der Waals surface area contributed by atoms with Gasteiger partial charge in [-0.25, -0.2) is 14.3 Å². The van der Waals surface area contributed by atoms with Gasteiger partial charge in [-0.2, -0.15) is 4.98 Å². The van der Waals surface area contributed by atoms with Crippen molar-refractivity contribution in [2.75, 3.05) is 6.54 Å². The van der Waals surface area contributed by atoms with Crippen LogP contribution in [0.5, 0.6) is 0 Å². The average molecular weight is 294 g/mol. The Kier molecular flexibility index (Phi) is 4.51. The molecule has 2 N–H and O–H groups in total. The Morgan fingerprint density at radius 3 is 3.00 bits per heavy atom. The molecule has 1 atom stereocenters. The summed E-state index contributed by atoms with van der Waals surface area (Å²) in [5, 5.41) is 8.86. The second-order valence-electron chi connectivity index (χ2n) is 3.87. The summed E-state index contributed by atoms with van der Waals surface area (Å²) in [7, 11) is 0. The number of amides is 3. The monoisotopic (exact) mass is 294 g/mol. The Bertz CT molecular complexity index is 595. The molecule has 3 amide bonds. The molecule has 0 saturated heterocycles. The van der Waals surface area contributed by atoms with E-state index in [-0.39, 0.29) is 0 Å². The number of carbonyl (C=O) groups is 2. The largest absolute Gasteiger partial charge is 0.338 e. The van der Waals surface area contributed by atoms with E-state index in [2.05, 4.69) is 25.7 Å². The van der Waals surface area contributed by atoms with E-state index in [1.807, 2.05) is 0 Å². The van der Waals surface area contributed by atoms with Gasteiger partial charge in [0.25, 0.3) is 5.78 Å². The molecule has 0 aliphatic rings. The van der Waals surface area contributed by atoms with Gasteiger partial charge in [0.2, 0.25) is 11.1 Å². The van der Waals surface area contributed by atoms with Crippen LogP contribution in [0.2, 0.25) is 0 Å². The number of carbonyl (C=O) groups excluding carboxylic acids is 2. The van der Waals surface area contributed by atoms with Gasteiger partial charge in [0.1, 0.15) is 0 Å². The van der Waals surface area contributed by atoms with Gasteiger partial charge in [-0.1, -0.05) is 11.8 Å². The lowest BCUT2D eigenvalue weighted by Crippen LogP contribution is -2.42. The van der Waals surface area contributed by atoms with E-state index in [1.165, 1.54) is 4.52 Å². The number of nitrogens with one attached hydrogen (secondary N) is 2. The Balaban J connectivity index is 1.98. The minimum atomic E-state index is -0.505. The maximum atomic E-state index is 11.8. The number of hydrogen-bond donors (Lipinski definition) is 2. The summed E-state index contributed by atoms with van der Waals surface area (Å²) >= 11 is 1.16. The molecule has 0 bridgehead atoms. The fraction of sp³-hybridized carbons (Fsp3) is 0.364. The van der Waals surface area contributed by atoms with Gasteiger partial charge >= 0.3 is 6.03 Å². The molecule has 0 fully saturated rings. The Hall–Kier alpha value is -2.16. The molecule has 2 aromatic rings. The zero-order valence-electron chi connectivity index (χ0n) is 11.0. The standard InChI is InChI=1S/C11H14N6O2S/c1-3-12-10(19)14-8(18)7(2)20-11-15-9-13-5-4-6-17(9)16-11/h4-7H,3H2,1-2H3,(H2,12,14,18,19)/t7-/m1/s1. The first-order valence-electron chi connectivity index (χ1n) is 6.03. The first kappa shape index (κ1) is 14.3. The fourth-order valence-electron chi connectivity index (χ4n) is 1.39. The van der Waals surface area contributed by atoms with Crippen LogP contribution in [0, 0.1) is 0 Å². The third kappa shape index (κ3) is 3.44. The zero-order valence-corrected chi connectivity index (χ0v) is 11.8. The fourth-order valence-corrected chi connectivity index (χ4v) is 2.15. The van der Waals surface area contributed by atoms with Crippen LogP contribution in [-0.2, 0) is 4.79 Å². The number of aromatic nitrogens is 4. The summed E-state index contributed by atoms with van der Waals surface area (Å²) in [4.78, 5) is 31.2. The number of rotatable bonds is 4. The molecule has 2 heterocycles. The van der Waals surface area contributed by atoms with Gasteiger partial charge in [-0.05, 0) is 19.9 Å². The molecule has 0 saturated carbocycles. The van der Waals surface area contributed by atoms with Crippen molar-refractivity contribution in [3.05, 3.63) is 18.5 Å².